The van der Waals surface area contributed by atoms with Crippen molar-refractivity contribution in [3.8, 4) is 0 Å². The van der Waals surface area contributed by atoms with E-state index in [1.54, 1.807) is 7.11 Å². The molecule has 0 aliphatic carbocycles. The summed E-state index contributed by atoms with van der Waals surface area (Å²) < 4.78 is 4.95. The fourth-order valence-electron chi connectivity index (χ4n) is 0.539. The summed E-state index contributed by atoms with van der Waals surface area (Å²) in [6.45, 7) is 2.27. The molecule has 1 unspecified atom stereocenters. The molecule has 0 radical (unpaired) electrons. The van der Waals surface area contributed by atoms with Crippen LogP contribution in [0.4, 0.5) is 0 Å². The first kappa shape index (κ1) is 11.2. The zero-order valence-electron chi connectivity index (χ0n) is 7.50. The third-order valence-electron chi connectivity index (χ3n) is 1.27. The number of hydrogen-bond donors (Lipinski definition) is 1. The van der Waals surface area contributed by atoms with Crippen molar-refractivity contribution in [3.63, 3.8) is 0 Å². The second-order valence-corrected chi connectivity index (χ2v) is 2.28. The van der Waals surface area contributed by atoms with Crippen LogP contribution in [0.2, 0.25) is 0 Å². The Labute approximate surface area is 77.7 Å². The maximum atomic E-state index is 4.95. The number of methoxy groups -OCH3 is 1. The van der Waals surface area contributed by atoms with Crippen LogP contribution in [0.1, 0.15) is 6.92 Å². The third kappa shape index (κ3) is 4.96. The fourth-order valence-corrected chi connectivity index (χ4v) is 0.603. The lowest BCUT2D eigenvalue weighted by Gasteiger charge is -2.06. The standard InChI is InChI=1S/C7H13N3OS/c1-6(8-2)10-7(11-3)4-9-5-12/h6,8H,4H2,1-3H3. The number of ether oxygens (including phenoxy) is 1. The Balaban J connectivity index is 4.11. The Morgan fingerprint density at radius 2 is 2.42 bits per heavy atom. The summed E-state index contributed by atoms with van der Waals surface area (Å²) in [4.78, 5) is 7.87. The van der Waals surface area contributed by atoms with E-state index >= 15 is 0 Å². The molecule has 1 atom stereocenters. The number of nitrogens with one attached hydrogen (secondary N) is 1. The first-order chi connectivity index (χ1) is 5.74. The molecule has 12 heavy (non-hydrogen) atoms. The van der Waals surface area contributed by atoms with Crippen LogP contribution in [0.3, 0.4) is 0 Å². The Morgan fingerprint density at radius 3 is 2.83 bits per heavy atom. The highest BCUT2D eigenvalue weighted by Gasteiger charge is 1.99. The van der Waals surface area contributed by atoms with E-state index in [0.717, 1.165) is 0 Å². The Hall–Kier alpha value is -0.770. The number of nitrogens with zero attached hydrogens (tertiary/aromatic N) is 2. The molecule has 0 heterocycles. The van der Waals surface area contributed by atoms with Crippen molar-refractivity contribution in [1.82, 2.24) is 5.32 Å². The van der Waals surface area contributed by atoms with Crippen molar-refractivity contribution < 1.29 is 4.74 Å². The third-order valence-corrected chi connectivity index (χ3v) is 1.40. The largest absolute Gasteiger partial charge is 0.483 e. The normalized spacial score (nSPS) is 13.4. The quantitative estimate of drug-likeness (QED) is 0.400. The Bertz CT molecular complexity index is 199. The van der Waals surface area contributed by atoms with Crippen LogP contribution in [-0.2, 0) is 4.74 Å². The highest BCUT2D eigenvalue weighted by molar-refractivity contribution is 7.78. The van der Waals surface area contributed by atoms with Crippen molar-refractivity contribution in [1.29, 1.82) is 0 Å². The second-order valence-electron chi connectivity index (χ2n) is 2.10. The van der Waals surface area contributed by atoms with Crippen LogP contribution >= 0.6 is 12.2 Å². The summed E-state index contributed by atoms with van der Waals surface area (Å²) in [5, 5.41) is 5.20. The second kappa shape index (κ2) is 6.91. The minimum atomic E-state index is 0.0280. The molecule has 0 aliphatic heterocycles. The molecule has 0 bridgehead atoms. The number of thiocarbonyl (C=S) groups is 1. The summed E-state index contributed by atoms with van der Waals surface area (Å²) in [5.41, 5.74) is 0. The van der Waals surface area contributed by atoms with Gasteiger partial charge in [0, 0.05) is 0 Å². The van der Waals surface area contributed by atoms with Gasteiger partial charge >= 0.3 is 0 Å². The maximum Gasteiger partial charge on any atom is 0.207 e. The van der Waals surface area contributed by atoms with Crippen LogP contribution in [0.25, 0.3) is 0 Å². The molecule has 0 aromatic heterocycles. The molecule has 0 aromatic rings. The summed E-state index contributed by atoms with van der Waals surface area (Å²) in [7, 11) is 3.38. The molecule has 1 N–H and O–H groups in total. The predicted molar refractivity (Wildman–Crippen MR) is 52.9 cm³/mol. The molecular formula is C7H13N3OS. The predicted octanol–water partition coefficient (Wildman–Crippen LogP) is 0.700. The first-order valence-electron chi connectivity index (χ1n) is 3.56. The average Bonchev–Trinajstić information content (AvgIpc) is 2.11. The molecule has 4 nitrogen and oxygen atoms in total. The van der Waals surface area contributed by atoms with Gasteiger partial charge in [-0.1, -0.05) is 0 Å². The zero-order valence-corrected chi connectivity index (χ0v) is 8.31. The van der Waals surface area contributed by atoms with Crippen LogP contribution in [0.5, 0.6) is 0 Å². The van der Waals surface area contributed by atoms with Crippen LogP contribution in [0, 0.1) is 0 Å². The molecular weight excluding hydrogens is 174 g/mol. The Morgan fingerprint density at radius 1 is 1.75 bits per heavy atom. The smallest absolute Gasteiger partial charge is 0.207 e. The van der Waals surface area contributed by atoms with Gasteiger partial charge < -0.3 is 4.74 Å². The van der Waals surface area contributed by atoms with E-state index in [1.165, 1.54) is 0 Å². The van der Waals surface area contributed by atoms with Gasteiger partial charge in [-0.2, -0.15) is 0 Å². The first-order valence-corrected chi connectivity index (χ1v) is 3.97. The average molecular weight is 187 g/mol. The number of isothiocyanates is 1. The van der Waals surface area contributed by atoms with Crippen LogP contribution in [-0.4, -0.2) is 37.9 Å². The van der Waals surface area contributed by atoms with Crippen molar-refractivity contribution in [3.05, 3.63) is 0 Å². The van der Waals surface area contributed by atoms with Gasteiger partial charge in [-0.15, -0.1) is 0 Å². The minimum Gasteiger partial charge on any atom is -0.483 e. The van der Waals surface area contributed by atoms with E-state index in [4.69, 9.17) is 4.74 Å². The van der Waals surface area contributed by atoms with E-state index < -0.39 is 0 Å². The van der Waals surface area contributed by atoms with Crippen LogP contribution in [0.15, 0.2) is 9.98 Å². The van der Waals surface area contributed by atoms with E-state index in [1.807, 2.05) is 14.0 Å². The van der Waals surface area contributed by atoms with Gasteiger partial charge in [0.25, 0.3) is 0 Å². The van der Waals surface area contributed by atoms with Gasteiger partial charge in [0.05, 0.1) is 18.4 Å². The van der Waals surface area contributed by atoms with Crippen molar-refractivity contribution in [2.75, 3.05) is 20.7 Å². The fraction of sp³-hybridized carbons (Fsp3) is 0.714. The highest BCUT2D eigenvalue weighted by Crippen LogP contribution is 1.87. The van der Waals surface area contributed by atoms with Gasteiger partial charge in [0.1, 0.15) is 6.54 Å². The highest BCUT2D eigenvalue weighted by atomic mass is 32.1. The lowest BCUT2D eigenvalue weighted by atomic mass is 10.5. The molecule has 0 fully saturated rings. The molecule has 0 spiro atoms. The molecule has 0 rings (SSSR count). The van der Waals surface area contributed by atoms with Gasteiger partial charge in [-0.3, -0.25) is 5.32 Å². The maximum absolute atomic E-state index is 4.95. The summed E-state index contributed by atoms with van der Waals surface area (Å²) >= 11 is 4.42. The topological polar surface area (TPSA) is 46.0 Å². The zero-order chi connectivity index (χ0) is 9.40. The number of aliphatic imine (C=N–C) groups is 2. The van der Waals surface area contributed by atoms with E-state index in [9.17, 15) is 0 Å². The molecule has 5 heteroatoms. The number of rotatable bonds is 4. The lowest BCUT2D eigenvalue weighted by Crippen LogP contribution is -2.22. The van der Waals surface area contributed by atoms with Gasteiger partial charge in [0.15, 0.2) is 0 Å². The van der Waals surface area contributed by atoms with Crippen molar-refractivity contribution >= 4 is 23.3 Å². The van der Waals surface area contributed by atoms with E-state index in [2.05, 4.69) is 32.7 Å². The molecule has 0 saturated heterocycles. The summed E-state index contributed by atoms with van der Waals surface area (Å²) in [6, 6.07) is 0. The van der Waals surface area contributed by atoms with Gasteiger partial charge in [-0.25, -0.2) is 9.98 Å². The van der Waals surface area contributed by atoms with Gasteiger partial charge in [-0.05, 0) is 26.2 Å². The van der Waals surface area contributed by atoms with Gasteiger partial charge in [0.2, 0.25) is 5.90 Å². The molecule has 0 aromatic carbocycles. The van der Waals surface area contributed by atoms with Crippen molar-refractivity contribution in [2.45, 2.75) is 13.1 Å². The van der Waals surface area contributed by atoms with E-state index in [0.29, 0.717) is 12.4 Å². The van der Waals surface area contributed by atoms with E-state index in [-0.39, 0.29) is 6.17 Å². The molecule has 0 saturated carbocycles. The molecule has 0 amide bonds. The Kier molecular flexibility index (Phi) is 6.47. The summed E-state index contributed by atoms with van der Waals surface area (Å²) in [6.07, 6.45) is 0.0280. The molecule has 68 valence electrons. The minimum absolute atomic E-state index is 0.0280. The lowest BCUT2D eigenvalue weighted by molar-refractivity contribution is 0.388. The summed E-state index contributed by atoms with van der Waals surface area (Å²) in [5.74, 6) is 0.550. The monoisotopic (exact) mass is 187 g/mol. The van der Waals surface area contributed by atoms with Crippen LogP contribution < -0.4 is 5.32 Å². The SMILES string of the molecule is CNC(C)N=C(CN=C=S)OC. The molecule has 0 aliphatic rings. The van der Waals surface area contributed by atoms with Crippen molar-refractivity contribution in [2.24, 2.45) is 9.98 Å². The number of hydrogen-bond acceptors (Lipinski definition) is 5.